The second-order valence-electron chi connectivity index (χ2n) is 6.87. The van der Waals surface area contributed by atoms with Gasteiger partial charge in [-0.15, -0.1) is 0 Å². The van der Waals surface area contributed by atoms with Gasteiger partial charge in [-0.25, -0.2) is 8.42 Å². The van der Waals surface area contributed by atoms with Gasteiger partial charge in [0, 0.05) is 29.8 Å². The van der Waals surface area contributed by atoms with Gasteiger partial charge < -0.3 is 9.64 Å². The third kappa shape index (κ3) is 5.72. The zero-order valence-corrected chi connectivity index (χ0v) is 19.6. The molecule has 0 fully saturated rings. The van der Waals surface area contributed by atoms with Crippen molar-refractivity contribution < 1.29 is 17.9 Å². The first-order valence-corrected chi connectivity index (χ1v) is 11.7. The van der Waals surface area contributed by atoms with Crippen LogP contribution in [0.1, 0.15) is 5.56 Å². The van der Waals surface area contributed by atoms with Crippen molar-refractivity contribution in [2.45, 2.75) is 11.4 Å². The number of sulfonamides is 1. The number of benzene rings is 3. The van der Waals surface area contributed by atoms with E-state index in [1.807, 2.05) is 24.3 Å². The molecule has 1 amide bonds. The number of likely N-dealkylation sites (N-methyl/N-ethyl adjacent to an activating group) is 1. The molecule has 0 heterocycles. The molecule has 3 rings (SSSR count). The van der Waals surface area contributed by atoms with E-state index in [2.05, 4.69) is 15.9 Å². The molecule has 0 aliphatic carbocycles. The van der Waals surface area contributed by atoms with Crippen molar-refractivity contribution in [3.63, 3.8) is 0 Å². The number of nitrogens with zero attached hydrogens (tertiary/aromatic N) is 2. The molecule has 3 aromatic rings. The molecule has 0 aromatic heterocycles. The number of carbonyl (C=O) groups is 1. The molecular formula is C23H23BrN2O4S. The molecule has 3 aromatic carbocycles. The highest BCUT2D eigenvalue weighted by Crippen LogP contribution is 2.23. The van der Waals surface area contributed by atoms with E-state index in [0.717, 1.165) is 10.0 Å². The number of methoxy groups -OCH3 is 1. The number of hydrogen-bond donors (Lipinski definition) is 0. The van der Waals surface area contributed by atoms with Crippen molar-refractivity contribution in [3.8, 4) is 5.75 Å². The van der Waals surface area contributed by atoms with Gasteiger partial charge in [0.2, 0.25) is 15.9 Å². The highest BCUT2D eigenvalue weighted by atomic mass is 79.9. The Bertz CT molecular complexity index is 1140. The lowest BCUT2D eigenvalue weighted by atomic mass is 10.2. The molecule has 162 valence electrons. The van der Waals surface area contributed by atoms with Crippen LogP contribution in [0.15, 0.2) is 88.2 Å². The molecule has 0 bridgehead atoms. The predicted octanol–water partition coefficient (Wildman–Crippen LogP) is 4.31. The normalized spacial score (nSPS) is 11.4. The molecule has 0 radical (unpaired) electrons. The van der Waals surface area contributed by atoms with Crippen LogP contribution in [0.4, 0.5) is 5.69 Å². The molecule has 6 nitrogen and oxygen atoms in total. The van der Waals surface area contributed by atoms with E-state index >= 15 is 0 Å². The average molecular weight is 503 g/mol. The van der Waals surface area contributed by atoms with E-state index < -0.39 is 10.0 Å². The standard InChI is InChI=1S/C23H23BrN2O4S/c1-25(20-7-6-8-21(15-20)30-2)23(27)17-26(16-18-11-13-19(24)14-12-18)31(28,29)22-9-4-3-5-10-22/h3-15H,16-17H2,1-2H3. The van der Waals surface area contributed by atoms with Crippen LogP contribution in [0, 0.1) is 0 Å². The lowest BCUT2D eigenvalue weighted by Crippen LogP contribution is -2.41. The van der Waals surface area contributed by atoms with Gasteiger partial charge in [-0.2, -0.15) is 4.31 Å². The van der Waals surface area contributed by atoms with Gasteiger partial charge in [0.15, 0.2) is 0 Å². The van der Waals surface area contributed by atoms with Gasteiger partial charge in [0.1, 0.15) is 5.75 Å². The van der Waals surface area contributed by atoms with Crippen LogP contribution in [0.5, 0.6) is 5.75 Å². The van der Waals surface area contributed by atoms with E-state index in [1.165, 1.54) is 21.3 Å². The fraction of sp³-hybridized carbons (Fsp3) is 0.174. The van der Waals surface area contributed by atoms with E-state index in [9.17, 15) is 13.2 Å². The quantitative estimate of drug-likeness (QED) is 0.460. The first-order chi connectivity index (χ1) is 14.8. The maximum absolute atomic E-state index is 13.3. The summed E-state index contributed by atoms with van der Waals surface area (Å²) in [6.45, 7) is -0.233. The third-order valence-corrected chi connectivity index (χ3v) is 7.11. The first-order valence-electron chi connectivity index (χ1n) is 9.51. The van der Waals surface area contributed by atoms with Crippen molar-refractivity contribution in [2.75, 3.05) is 25.6 Å². The van der Waals surface area contributed by atoms with Crippen LogP contribution in [-0.4, -0.2) is 39.3 Å². The van der Waals surface area contributed by atoms with E-state index in [-0.39, 0.29) is 23.9 Å². The zero-order valence-electron chi connectivity index (χ0n) is 17.2. The number of rotatable bonds is 8. The zero-order chi connectivity index (χ0) is 22.4. The number of halogens is 1. The van der Waals surface area contributed by atoms with Crippen LogP contribution < -0.4 is 9.64 Å². The molecule has 0 atom stereocenters. The minimum atomic E-state index is -3.88. The Kier molecular flexibility index (Phi) is 7.48. The predicted molar refractivity (Wildman–Crippen MR) is 125 cm³/mol. The molecule has 0 saturated carbocycles. The van der Waals surface area contributed by atoms with Crippen LogP contribution in [-0.2, 0) is 21.4 Å². The second kappa shape index (κ2) is 10.1. The van der Waals surface area contributed by atoms with Crippen LogP contribution in [0.3, 0.4) is 0 Å². The third-order valence-electron chi connectivity index (χ3n) is 4.78. The Labute approximate surface area is 191 Å². The maximum atomic E-state index is 13.3. The fourth-order valence-corrected chi connectivity index (χ4v) is 4.64. The summed E-state index contributed by atoms with van der Waals surface area (Å²) >= 11 is 3.38. The summed E-state index contributed by atoms with van der Waals surface area (Å²) in [4.78, 5) is 14.6. The van der Waals surface area contributed by atoms with Gasteiger partial charge >= 0.3 is 0 Å². The average Bonchev–Trinajstić information content (AvgIpc) is 2.80. The van der Waals surface area contributed by atoms with E-state index in [0.29, 0.717) is 11.4 Å². The largest absolute Gasteiger partial charge is 0.497 e. The second-order valence-corrected chi connectivity index (χ2v) is 9.72. The van der Waals surface area contributed by atoms with Gasteiger partial charge in [0.25, 0.3) is 0 Å². The van der Waals surface area contributed by atoms with Crippen molar-refractivity contribution >= 4 is 37.5 Å². The highest BCUT2D eigenvalue weighted by molar-refractivity contribution is 9.10. The number of anilines is 1. The van der Waals surface area contributed by atoms with Gasteiger partial charge in [-0.05, 0) is 42.0 Å². The molecule has 0 spiro atoms. The molecule has 0 saturated heterocycles. The Balaban J connectivity index is 1.90. The molecule has 0 unspecified atom stereocenters. The molecule has 0 N–H and O–H groups in total. The topological polar surface area (TPSA) is 66.9 Å². The Hall–Kier alpha value is -2.68. The lowest BCUT2D eigenvalue weighted by Gasteiger charge is -2.25. The van der Waals surface area contributed by atoms with Crippen molar-refractivity contribution in [2.24, 2.45) is 0 Å². The van der Waals surface area contributed by atoms with Crippen LogP contribution >= 0.6 is 15.9 Å². The number of hydrogen-bond acceptors (Lipinski definition) is 4. The van der Waals surface area contributed by atoms with E-state index in [1.54, 1.807) is 56.6 Å². The lowest BCUT2D eigenvalue weighted by molar-refractivity contribution is -0.118. The highest BCUT2D eigenvalue weighted by Gasteiger charge is 2.28. The molecule has 8 heteroatoms. The summed E-state index contributed by atoms with van der Waals surface area (Å²) in [6.07, 6.45) is 0. The maximum Gasteiger partial charge on any atom is 0.243 e. The molecule has 31 heavy (non-hydrogen) atoms. The van der Waals surface area contributed by atoms with Gasteiger partial charge in [-0.1, -0.05) is 52.3 Å². The minimum absolute atomic E-state index is 0.0716. The molecular weight excluding hydrogens is 480 g/mol. The summed E-state index contributed by atoms with van der Waals surface area (Å²) in [7, 11) is -0.720. The monoisotopic (exact) mass is 502 g/mol. The molecule has 0 aliphatic rings. The van der Waals surface area contributed by atoms with Crippen molar-refractivity contribution in [1.82, 2.24) is 4.31 Å². The van der Waals surface area contributed by atoms with Crippen LogP contribution in [0.2, 0.25) is 0 Å². The number of amides is 1. The van der Waals surface area contributed by atoms with Crippen LogP contribution in [0.25, 0.3) is 0 Å². The SMILES string of the molecule is COc1cccc(N(C)C(=O)CN(Cc2ccc(Br)cc2)S(=O)(=O)c2ccccc2)c1. The summed E-state index contributed by atoms with van der Waals surface area (Å²) in [5.74, 6) is 0.255. The first kappa shape index (κ1) is 23.0. The summed E-state index contributed by atoms with van der Waals surface area (Å²) in [6, 6.07) is 22.5. The smallest absolute Gasteiger partial charge is 0.243 e. The van der Waals surface area contributed by atoms with Crippen molar-refractivity contribution in [3.05, 3.63) is 88.9 Å². The van der Waals surface area contributed by atoms with Crippen molar-refractivity contribution in [1.29, 1.82) is 0 Å². The summed E-state index contributed by atoms with van der Waals surface area (Å²) in [5.41, 5.74) is 1.39. The minimum Gasteiger partial charge on any atom is -0.497 e. The number of ether oxygens (including phenoxy) is 1. The number of carbonyl (C=O) groups excluding carboxylic acids is 1. The van der Waals surface area contributed by atoms with E-state index in [4.69, 9.17) is 4.74 Å². The Morgan fingerprint density at radius 1 is 0.968 bits per heavy atom. The van der Waals surface area contributed by atoms with Gasteiger partial charge in [0.05, 0.1) is 18.6 Å². The summed E-state index contributed by atoms with van der Waals surface area (Å²) in [5, 5.41) is 0. The Morgan fingerprint density at radius 2 is 1.65 bits per heavy atom. The summed E-state index contributed by atoms with van der Waals surface area (Å²) < 4.78 is 34.0. The molecule has 0 aliphatic heterocycles. The Morgan fingerprint density at radius 3 is 2.29 bits per heavy atom. The van der Waals surface area contributed by atoms with Gasteiger partial charge in [-0.3, -0.25) is 4.79 Å². The fourth-order valence-electron chi connectivity index (χ4n) is 2.98.